The molecule has 3 aliphatic rings. The second-order valence-electron chi connectivity index (χ2n) is 8.82. The van der Waals surface area contributed by atoms with Crippen molar-refractivity contribution in [2.45, 2.75) is 57.8 Å². The first-order valence-corrected chi connectivity index (χ1v) is 10.8. The number of hydrogen-bond donors (Lipinski definition) is 1. The van der Waals surface area contributed by atoms with E-state index in [9.17, 15) is 4.79 Å². The number of likely N-dealkylation sites (tertiary alicyclic amines) is 1. The zero-order valence-electron chi connectivity index (χ0n) is 17.9. The molecule has 5 heterocycles. The van der Waals surface area contributed by atoms with E-state index in [0.717, 1.165) is 55.9 Å². The van der Waals surface area contributed by atoms with Gasteiger partial charge < -0.3 is 14.4 Å². The average molecular weight is 412 g/mol. The van der Waals surface area contributed by atoms with Crippen LogP contribution >= 0.6 is 0 Å². The molecule has 0 aliphatic carbocycles. The summed E-state index contributed by atoms with van der Waals surface area (Å²) in [6.07, 6.45) is 4.70. The summed E-state index contributed by atoms with van der Waals surface area (Å²) in [7, 11) is 1.65. The molecular formula is C22H29N5O3. The van der Waals surface area contributed by atoms with Gasteiger partial charge in [0.05, 0.1) is 43.4 Å². The van der Waals surface area contributed by atoms with Crippen LogP contribution in [0.5, 0.6) is 5.88 Å². The van der Waals surface area contributed by atoms with Gasteiger partial charge >= 0.3 is 0 Å². The third-order valence-electron chi connectivity index (χ3n) is 6.75. The van der Waals surface area contributed by atoms with E-state index in [4.69, 9.17) is 9.47 Å². The van der Waals surface area contributed by atoms with Crippen LogP contribution in [0.15, 0.2) is 12.3 Å². The molecule has 2 aromatic heterocycles. The largest absolute Gasteiger partial charge is 0.481 e. The minimum absolute atomic E-state index is 0.0661. The van der Waals surface area contributed by atoms with E-state index in [0.29, 0.717) is 24.5 Å². The summed E-state index contributed by atoms with van der Waals surface area (Å²) in [5, 5.41) is 7.42. The van der Waals surface area contributed by atoms with Crippen molar-refractivity contribution in [1.29, 1.82) is 0 Å². The Labute approximate surface area is 176 Å². The van der Waals surface area contributed by atoms with Gasteiger partial charge in [0.1, 0.15) is 5.60 Å². The van der Waals surface area contributed by atoms with Crippen LogP contribution in [-0.2, 0) is 29.8 Å². The molecule has 0 aromatic carbocycles. The number of methoxy groups -OCH3 is 1. The number of nitrogens with zero attached hydrogens (tertiary/aromatic N) is 4. The molecule has 0 radical (unpaired) electrons. The fraction of sp³-hybridized carbons (Fsp3) is 0.591. The second kappa shape index (κ2) is 7.35. The quantitative estimate of drug-likeness (QED) is 0.831. The highest BCUT2D eigenvalue weighted by Gasteiger charge is 2.42. The Hall–Kier alpha value is -2.45. The van der Waals surface area contributed by atoms with Gasteiger partial charge in [0, 0.05) is 31.2 Å². The smallest absolute Gasteiger partial charge is 0.256 e. The molecule has 8 heteroatoms. The lowest BCUT2D eigenvalue weighted by atomic mass is 9.83. The molecule has 0 bridgehead atoms. The number of nitrogens with one attached hydrogen (secondary N) is 1. The van der Waals surface area contributed by atoms with Crippen molar-refractivity contribution in [3.05, 3.63) is 40.3 Å². The van der Waals surface area contributed by atoms with Gasteiger partial charge in [-0.3, -0.25) is 14.8 Å². The Morgan fingerprint density at radius 1 is 1.33 bits per heavy atom. The molecule has 1 saturated heterocycles. The minimum Gasteiger partial charge on any atom is -0.481 e. The van der Waals surface area contributed by atoms with Crippen molar-refractivity contribution in [2.75, 3.05) is 26.8 Å². The van der Waals surface area contributed by atoms with Crippen LogP contribution in [-0.4, -0.2) is 63.7 Å². The highest BCUT2D eigenvalue weighted by atomic mass is 16.5. The van der Waals surface area contributed by atoms with E-state index in [-0.39, 0.29) is 17.6 Å². The zero-order chi connectivity index (χ0) is 20.9. The van der Waals surface area contributed by atoms with Crippen LogP contribution in [0, 0.1) is 0 Å². The number of fused-ring (bicyclic) bond motifs is 3. The molecule has 0 unspecified atom stereocenters. The molecular weight excluding hydrogens is 382 g/mol. The van der Waals surface area contributed by atoms with Gasteiger partial charge in [0.2, 0.25) is 5.88 Å². The first-order valence-electron chi connectivity index (χ1n) is 10.8. The second-order valence-corrected chi connectivity index (χ2v) is 8.82. The predicted octanol–water partition coefficient (Wildman–Crippen LogP) is 2.24. The molecule has 5 rings (SSSR count). The molecule has 1 N–H and O–H groups in total. The number of carbonyl (C=O) groups excluding carboxylic acids is 1. The number of rotatable bonds is 4. The topological polar surface area (TPSA) is 83.6 Å². The van der Waals surface area contributed by atoms with Crippen LogP contribution in [0.4, 0.5) is 0 Å². The molecule has 8 nitrogen and oxygen atoms in total. The highest BCUT2D eigenvalue weighted by molar-refractivity contribution is 5.98. The zero-order valence-corrected chi connectivity index (χ0v) is 17.9. The number of aromatic nitrogens is 3. The van der Waals surface area contributed by atoms with Gasteiger partial charge in [-0.05, 0) is 44.7 Å². The number of pyridine rings is 1. The average Bonchev–Trinajstić information content (AvgIpc) is 3.35. The Morgan fingerprint density at radius 3 is 2.87 bits per heavy atom. The monoisotopic (exact) mass is 411 g/mol. The standard InChI is InChI=1S/C22H29N5O3/c1-14(2)27-13-18-17(21(27)28)10-16(20(24-18)29-3)12-26-7-5-22(6-8-26)19-15(4-9-30-22)11-23-25-19/h10-11,14H,4-9,12-13H2,1-3H3,(H,23,25). The lowest BCUT2D eigenvalue weighted by molar-refractivity contribution is -0.102. The van der Waals surface area contributed by atoms with E-state index in [2.05, 4.69) is 20.1 Å². The van der Waals surface area contributed by atoms with Gasteiger partial charge in [-0.15, -0.1) is 0 Å². The van der Waals surface area contributed by atoms with Gasteiger partial charge in [0.15, 0.2) is 0 Å². The van der Waals surface area contributed by atoms with E-state index >= 15 is 0 Å². The summed E-state index contributed by atoms with van der Waals surface area (Å²) in [5.74, 6) is 0.689. The molecule has 2 aromatic rings. The maximum Gasteiger partial charge on any atom is 0.256 e. The normalized spacial score (nSPS) is 20.7. The lowest BCUT2D eigenvalue weighted by Gasteiger charge is -2.43. The lowest BCUT2D eigenvalue weighted by Crippen LogP contribution is -2.46. The van der Waals surface area contributed by atoms with Gasteiger partial charge in [-0.2, -0.15) is 5.10 Å². The Morgan fingerprint density at radius 2 is 2.13 bits per heavy atom. The Bertz CT molecular complexity index is 962. The third kappa shape index (κ3) is 3.09. The maximum absolute atomic E-state index is 12.8. The van der Waals surface area contributed by atoms with E-state index in [1.54, 1.807) is 7.11 Å². The van der Waals surface area contributed by atoms with E-state index in [1.807, 2.05) is 31.0 Å². The first kappa shape index (κ1) is 19.5. The first-order chi connectivity index (χ1) is 14.5. The molecule has 160 valence electrons. The number of piperidine rings is 1. The fourth-order valence-corrected chi connectivity index (χ4v) is 5.01. The van der Waals surface area contributed by atoms with Crippen LogP contribution in [0.1, 0.15) is 59.6 Å². The predicted molar refractivity (Wildman–Crippen MR) is 110 cm³/mol. The number of hydrogen-bond acceptors (Lipinski definition) is 6. The third-order valence-corrected chi connectivity index (χ3v) is 6.75. The summed E-state index contributed by atoms with van der Waals surface area (Å²) < 4.78 is 11.8. The van der Waals surface area contributed by atoms with Crippen molar-refractivity contribution in [3.8, 4) is 5.88 Å². The van der Waals surface area contributed by atoms with Crippen LogP contribution in [0.25, 0.3) is 0 Å². The summed E-state index contributed by atoms with van der Waals surface area (Å²) >= 11 is 0. The van der Waals surface area contributed by atoms with Gasteiger partial charge in [-0.25, -0.2) is 4.98 Å². The van der Waals surface area contributed by atoms with Crippen LogP contribution < -0.4 is 4.74 Å². The van der Waals surface area contributed by atoms with Gasteiger partial charge in [0.25, 0.3) is 5.91 Å². The fourth-order valence-electron chi connectivity index (χ4n) is 5.01. The molecule has 0 atom stereocenters. The summed E-state index contributed by atoms with van der Waals surface area (Å²) in [5.41, 5.74) is 4.70. The number of H-pyrrole nitrogens is 1. The van der Waals surface area contributed by atoms with Crippen LogP contribution in [0.3, 0.4) is 0 Å². The van der Waals surface area contributed by atoms with Crippen molar-refractivity contribution in [2.24, 2.45) is 0 Å². The van der Waals surface area contributed by atoms with Crippen molar-refractivity contribution in [1.82, 2.24) is 25.0 Å². The molecule has 30 heavy (non-hydrogen) atoms. The summed E-state index contributed by atoms with van der Waals surface area (Å²) in [4.78, 5) is 21.7. The Kier molecular flexibility index (Phi) is 4.78. The number of carbonyl (C=O) groups is 1. The van der Waals surface area contributed by atoms with Crippen molar-refractivity contribution in [3.63, 3.8) is 0 Å². The summed E-state index contributed by atoms with van der Waals surface area (Å²) in [6, 6.07) is 2.14. The highest BCUT2D eigenvalue weighted by Crippen LogP contribution is 2.40. The number of ether oxygens (including phenoxy) is 2. The molecule has 3 aliphatic heterocycles. The number of amides is 1. The van der Waals surface area contributed by atoms with Gasteiger partial charge in [-0.1, -0.05) is 0 Å². The molecule has 0 saturated carbocycles. The molecule has 1 fully saturated rings. The van der Waals surface area contributed by atoms with Crippen molar-refractivity contribution < 1.29 is 14.3 Å². The molecule has 1 spiro atoms. The van der Waals surface area contributed by atoms with Crippen molar-refractivity contribution >= 4 is 5.91 Å². The SMILES string of the molecule is COc1nc2c(cc1CN1CCC3(CC1)OCCc1cn[nH]c13)C(=O)N(C(C)C)C2. The number of aromatic amines is 1. The minimum atomic E-state index is -0.241. The summed E-state index contributed by atoms with van der Waals surface area (Å²) in [6.45, 7) is 7.90. The van der Waals surface area contributed by atoms with Crippen LogP contribution in [0.2, 0.25) is 0 Å². The Balaban J connectivity index is 1.33. The maximum atomic E-state index is 12.8. The van der Waals surface area contributed by atoms with E-state index < -0.39 is 0 Å². The molecule has 1 amide bonds. The van der Waals surface area contributed by atoms with E-state index in [1.165, 1.54) is 5.56 Å².